The van der Waals surface area contributed by atoms with Crippen LogP contribution < -0.4 is 0 Å². The summed E-state index contributed by atoms with van der Waals surface area (Å²) in [5, 5.41) is 15.5. The second-order valence-corrected chi connectivity index (χ2v) is 3.19. The predicted molar refractivity (Wildman–Crippen MR) is 38.0 cm³/mol. The van der Waals surface area contributed by atoms with Crippen LogP contribution in [0, 0.1) is 0 Å². The maximum atomic E-state index is 12.6. The van der Waals surface area contributed by atoms with Crippen LogP contribution >= 0.6 is 0 Å². The van der Waals surface area contributed by atoms with Crippen LogP contribution in [0.4, 0.5) is 30.7 Å². The van der Waals surface area contributed by atoms with E-state index in [1.54, 1.807) is 0 Å². The van der Waals surface area contributed by atoms with Crippen molar-refractivity contribution < 1.29 is 40.9 Å². The molecule has 0 aromatic rings. The van der Waals surface area contributed by atoms with Crippen molar-refractivity contribution in [1.82, 2.24) is 0 Å². The molecule has 0 aliphatic rings. The molecular weight excluding hydrogens is 249 g/mol. The Hall–Kier alpha value is -0.570. The monoisotopic (exact) mass is 258 g/mol. The molecule has 0 heterocycles. The molecule has 0 aliphatic carbocycles. The molecule has 2 N–H and O–H groups in total. The summed E-state index contributed by atoms with van der Waals surface area (Å²) in [6.07, 6.45) is -2.22. The Labute approximate surface area is 85.7 Å². The molecule has 0 amide bonds. The molecule has 0 aliphatic heterocycles. The van der Waals surface area contributed by atoms with Gasteiger partial charge < -0.3 is 10.2 Å². The minimum Gasteiger partial charge on any atom is -0.335 e. The molecule has 0 unspecified atom stereocenters. The molecule has 0 fully saturated rings. The minimum absolute atomic E-state index is 0.575. The first-order valence-corrected chi connectivity index (χ1v) is 4.08. The lowest BCUT2D eigenvalue weighted by atomic mass is 9.99. The van der Waals surface area contributed by atoms with E-state index in [0.717, 1.165) is 6.92 Å². The van der Waals surface area contributed by atoms with Crippen molar-refractivity contribution in [2.24, 2.45) is 0 Å². The van der Waals surface area contributed by atoms with Crippen LogP contribution in [0.25, 0.3) is 0 Å². The summed E-state index contributed by atoms with van der Waals surface area (Å²) in [4.78, 5) is 0. The van der Waals surface area contributed by atoms with Gasteiger partial charge in [-0.1, -0.05) is 13.3 Å². The fraction of sp³-hybridized carbons (Fsp3) is 1.00. The quantitative estimate of drug-likeness (QED) is 0.586. The van der Waals surface area contributed by atoms with E-state index in [1.807, 2.05) is 0 Å². The SMILES string of the molecule is CCCC(F)(F)C(F)(F)C(F)(F)C(O)(O)F. The topological polar surface area (TPSA) is 40.5 Å². The summed E-state index contributed by atoms with van der Waals surface area (Å²) in [6.45, 7) is 1.02. The first-order valence-electron chi connectivity index (χ1n) is 4.08. The first kappa shape index (κ1) is 15.4. The lowest BCUT2D eigenvalue weighted by molar-refractivity contribution is -0.440. The normalized spacial score (nSPS) is 15.4. The number of hydrogen-bond donors (Lipinski definition) is 2. The van der Waals surface area contributed by atoms with Gasteiger partial charge in [-0.3, -0.25) is 0 Å². The smallest absolute Gasteiger partial charge is 0.335 e. The van der Waals surface area contributed by atoms with Crippen molar-refractivity contribution in [3.63, 3.8) is 0 Å². The van der Waals surface area contributed by atoms with Gasteiger partial charge in [0.25, 0.3) is 0 Å². The van der Waals surface area contributed by atoms with Crippen LogP contribution in [0.15, 0.2) is 0 Å². The number of hydrogen-bond acceptors (Lipinski definition) is 2. The van der Waals surface area contributed by atoms with E-state index < -0.39 is 36.7 Å². The van der Waals surface area contributed by atoms with Crippen molar-refractivity contribution in [1.29, 1.82) is 0 Å². The van der Waals surface area contributed by atoms with Crippen LogP contribution in [-0.4, -0.2) is 34.0 Å². The fourth-order valence-corrected chi connectivity index (χ4v) is 0.900. The highest BCUT2D eigenvalue weighted by molar-refractivity contribution is 4.99. The summed E-state index contributed by atoms with van der Waals surface area (Å²) in [5.74, 6) is -17.8. The lowest BCUT2D eigenvalue weighted by Crippen LogP contribution is -2.63. The molecule has 0 aromatic carbocycles. The van der Waals surface area contributed by atoms with Gasteiger partial charge in [-0.15, -0.1) is 0 Å². The van der Waals surface area contributed by atoms with E-state index in [-0.39, 0.29) is 0 Å². The predicted octanol–water partition coefficient (Wildman–Crippen LogP) is 2.30. The summed E-state index contributed by atoms with van der Waals surface area (Å²) in [6, 6.07) is -5.73. The van der Waals surface area contributed by atoms with Crippen LogP contribution in [0.3, 0.4) is 0 Å². The highest BCUT2D eigenvalue weighted by Crippen LogP contribution is 2.51. The average Bonchev–Trinajstić information content (AvgIpc) is 2.01. The molecule has 98 valence electrons. The lowest BCUT2D eigenvalue weighted by Gasteiger charge is -2.35. The number of rotatable bonds is 5. The van der Waals surface area contributed by atoms with Crippen molar-refractivity contribution in [2.45, 2.75) is 43.6 Å². The third-order valence-corrected chi connectivity index (χ3v) is 1.82. The van der Waals surface area contributed by atoms with Crippen LogP contribution in [0.1, 0.15) is 19.8 Å². The Morgan fingerprint density at radius 1 is 0.812 bits per heavy atom. The Morgan fingerprint density at radius 2 is 1.19 bits per heavy atom. The molecule has 0 spiro atoms. The van der Waals surface area contributed by atoms with Gasteiger partial charge in [0, 0.05) is 6.42 Å². The summed E-state index contributed by atoms with van der Waals surface area (Å²) in [5.41, 5.74) is 0. The van der Waals surface area contributed by atoms with E-state index in [2.05, 4.69) is 0 Å². The average molecular weight is 258 g/mol. The zero-order valence-corrected chi connectivity index (χ0v) is 7.95. The Kier molecular flexibility index (Phi) is 3.88. The molecule has 0 radical (unpaired) electrons. The highest BCUT2D eigenvalue weighted by Gasteiger charge is 2.79. The minimum atomic E-state index is -6.32. The standard InChI is InChI=1S/C7H9F7O2/c1-2-3-4(8,9)5(10,11)6(12,13)7(14,15)16/h15-16H,2-3H2,1H3. The van der Waals surface area contributed by atoms with E-state index in [0.29, 0.717) is 0 Å². The Morgan fingerprint density at radius 3 is 1.44 bits per heavy atom. The van der Waals surface area contributed by atoms with Gasteiger partial charge in [-0.25, -0.2) is 0 Å². The van der Waals surface area contributed by atoms with Crippen molar-refractivity contribution >= 4 is 0 Å². The molecule has 0 saturated carbocycles. The van der Waals surface area contributed by atoms with Crippen LogP contribution in [0.5, 0.6) is 0 Å². The molecule has 16 heavy (non-hydrogen) atoms. The molecule has 0 atom stereocenters. The zero-order chi connectivity index (χ0) is 13.4. The third kappa shape index (κ3) is 2.24. The van der Waals surface area contributed by atoms with E-state index >= 15 is 0 Å². The molecule has 9 heteroatoms. The zero-order valence-electron chi connectivity index (χ0n) is 7.95. The van der Waals surface area contributed by atoms with Gasteiger partial charge in [0.2, 0.25) is 0 Å². The van der Waals surface area contributed by atoms with Gasteiger partial charge in [-0.2, -0.15) is 30.7 Å². The van der Waals surface area contributed by atoms with E-state index in [1.165, 1.54) is 0 Å². The van der Waals surface area contributed by atoms with Gasteiger partial charge in [-0.05, 0) is 0 Å². The van der Waals surface area contributed by atoms with Crippen LogP contribution in [0.2, 0.25) is 0 Å². The highest BCUT2D eigenvalue weighted by atomic mass is 19.3. The first-order chi connectivity index (χ1) is 6.81. The van der Waals surface area contributed by atoms with E-state index in [9.17, 15) is 30.7 Å². The second-order valence-electron chi connectivity index (χ2n) is 3.19. The van der Waals surface area contributed by atoms with Gasteiger partial charge in [0.1, 0.15) is 0 Å². The molecule has 0 aromatic heterocycles. The molecular formula is C7H9F7O2. The number of halogens is 7. The molecule has 0 saturated heterocycles. The molecule has 0 bridgehead atoms. The third-order valence-electron chi connectivity index (χ3n) is 1.82. The summed E-state index contributed by atoms with van der Waals surface area (Å²) >= 11 is 0. The number of alkyl halides is 7. The molecule has 0 rings (SSSR count). The summed E-state index contributed by atoms with van der Waals surface area (Å²) < 4.78 is 87.2. The van der Waals surface area contributed by atoms with Crippen LogP contribution in [-0.2, 0) is 0 Å². The fourth-order valence-electron chi connectivity index (χ4n) is 0.900. The van der Waals surface area contributed by atoms with Gasteiger partial charge in [0.05, 0.1) is 0 Å². The maximum Gasteiger partial charge on any atom is 0.399 e. The van der Waals surface area contributed by atoms with Crippen molar-refractivity contribution in [3.05, 3.63) is 0 Å². The van der Waals surface area contributed by atoms with Crippen molar-refractivity contribution in [2.75, 3.05) is 0 Å². The van der Waals surface area contributed by atoms with Gasteiger partial charge in [0.15, 0.2) is 0 Å². The second kappa shape index (κ2) is 4.02. The largest absolute Gasteiger partial charge is 0.399 e. The van der Waals surface area contributed by atoms with Crippen molar-refractivity contribution in [3.8, 4) is 0 Å². The molecule has 2 nitrogen and oxygen atoms in total. The van der Waals surface area contributed by atoms with Gasteiger partial charge >= 0.3 is 23.8 Å². The summed E-state index contributed by atoms with van der Waals surface area (Å²) in [7, 11) is 0. The Balaban J connectivity index is 5.34. The van der Waals surface area contributed by atoms with E-state index in [4.69, 9.17) is 10.2 Å². The number of aliphatic hydroxyl groups is 2. The maximum absolute atomic E-state index is 12.6. The Bertz CT molecular complexity index is 246.